The molecule has 1 fully saturated rings. The van der Waals surface area contributed by atoms with Crippen molar-refractivity contribution in [1.29, 1.82) is 0 Å². The third kappa shape index (κ3) is 17.1. The van der Waals surface area contributed by atoms with Crippen molar-refractivity contribution in [2.24, 2.45) is 5.92 Å². The summed E-state index contributed by atoms with van der Waals surface area (Å²) in [7, 11) is 0. The van der Waals surface area contributed by atoms with Crippen LogP contribution in [0.15, 0.2) is 0 Å². The molecule has 0 amide bonds. The molecule has 0 bridgehead atoms. The first-order valence-electron chi connectivity index (χ1n) is 7.62. The van der Waals surface area contributed by atoms with E-state index in [1.54, 1.807) is 0 Å². The minimum absolute atomic E-state index is 0.442. The maximum absolute atomic E-state index is 9.81. The van der Waals surface area contributed by atoms with Gasteiger partial charge in [-0.3, -0.25) is 9.59 Å². The Hall–Kier alpha value is -0.900. The van der Waals surface area contributed by atoms with Crippen molar-refractivity contribution in [3.05, 3.63) is 0 Å². The molecule has 120 valence electrons. The molecule has 4 heteroatoms. The van der Waals surface area contributed by atoms with E-state index >= 15 is 0 Å². The molecule has 0 spiro atoms. The van der Waals surface area contributed by atoms with Crippen LogP contribution >= 0.6 is 0 Å². The van der Waals surface area contributed by atoms with Crippen molar-refractivity contribution in [3.8, 4) is 0 Å². The van der Waals surface area contributed by atoms with Gasteiger partial charge in [-0.2, -0.15) is 0 Å². The Morgan fingerprint density at radius 3 is 1.70 bits per heavy atom. The van der Waals surface area contributed by atoms with Gasteiger partial charge in [0.05, 0.1) is 5.60 Å². The van der Waals surface area contributed by atoms with Gasteiger partial charge in [0.2, 0.25) is 0 Å². The third-order valence-corrected chi connectivity index (χ3v) is 2.80. The summed E-state index contributed by atoms with van der Waals surface area (Å²) in [5, 5.41) is 9.57. The summed E-state index contributed by atoms with van der Waals surface area (Å²) in [6.07, 6.45) is 7.82. The fraction of sp³-hybridized carbons (Fsp3) is 0.875. The molecule has 0 aliphatic heterocycles. The molecular weight excluding hydrogens is 256 g/mol. The number of hydrogen-bond donors (Lipinski definition) is 1. The molecule has 0 heterocycles. The second-order valence-corrected chi connectivity index (χ2v) is 5.61. The maximum Gasteiger partial charge on any atom is 0.310 e. The minimum Gasteiger partial charge on any atom is -0.394 e. The van der Waals surface area contributed by atoms with Crippen molar-refractivity contribution in [3.63, 3.8) is 0 Å². The van der Waals surface area contributed by atoms with Gasteiger partial charge in [-0.15, -0.1) is 0 Å². The largest absolute Gasteiger partial charge is 0.394 e. The van der Waals surface area contributed by atoms with Crippen LogP contribution in [-0.2, 0) is 14.3 Å². The first-order chi connectivity index (χ1) is 9.20. The molecule has 0 aromatic rings. The molecule has 0 unspecified atom stereocenters. The normalized spacial score (nSPS) is 15.2. The van der Waals surface area contributed by atoms with Gasteiger partial charge in [0.25, 0.3) is 0 Å². The zero-order valence-electron chi connectivity index (χ0n) is 14.0. The van der Waals surface area contributed by atoms with Crippen LogP contribution in [0.25, 0.3) is 0 Å². The van der Waals surface area contributed by atoms with Crippen molar-refractivity contribution < 1.29 is 19.4 Å². The monoisotopic (exact) mass is 288 g/mol. The summed E-state index contributed by atoms with van der Waals surface area (Å²) in [5.41, 5.74) is -0.442. The average Bonchev–Trinajstić information content (AvgIpc) is 2.29. The topological polar surface area (TPSA) is 63.6 Å². The number of carbonyl (C=O) groups is 2. The maximum atomic E-state index is 9.81. The first kappa shape index (κ1) is 21.4. The fourth-order valence-electron chi connectivity index (χ4n) is 2.30. The lowest BCUT2D eigenvalue weighted by molar-refractivity contribution is -0.156. The van der Waals surface area contributed by atoms with Crippen molar-refractivity contribution in [2.75, 3.05) is 0 Å². The second-order valence-electron chi connectivity index (χ2n) is 5.61. The zero-order valence-corrected chi connectivity index (χ0v) is 14.0. The van der Waals surface area contributed by atoms with E-state index in [9.17, 15) is 14.7 Å². The molecule has 4 nitrogen and oxygen atoms in total. The van der Waals surface area contributed by atoms with Gasteiger partial charge < -0.3 is 9.84 Å². The molecule has 1 aliphatic rings. The Morgan fingerprint density at radius 1 is 1.05 bits per heavy atom. The smallest absolute Gasteiger partial charge is 0.310 e. The highest BCUT2D eigenvalue weighted by atomic mass is 16.6. The standard InChI is InChI=1S/C10H20O.C4H6O3.C2H6/c1-10(2,11)8-9-6-4-3-5-7-9;1-3(5)7-4(2)6;1-2/h9,11H,3-8H2,1-2H3;1-2H3;1-2H3. The van der Waals surface area contributed by atoms with E-state index in [4.69, 9.17) is 0 Å². The summed E-state index contributed by atoms with van der Waals surface area (Å²) in [5.74, 6) is -0.330. The highest BCUT2D eigenvalue weighted by Crippen LogP contribution is 2.30. The van der Waals surface area contributed by atoms with Crippen molar-refractivity contribution in [1.82, 2.24) is 0 Å². The Bertz CT molecular complexity index is 248. The fourth-order valence-corrected chi connectivity index (χ4v) is 2.30. The van der Waals surface area contributed by atoms with Crippen molar-refractivity contribution >= 4 is 11.9 Å². The lowest BCUT2D eigenvalue weighted by Gasteiger charge is -2.27. The number of ether oxygens (including phenoxy) is 1. The lowest BCUT2D eigenvalue weighted by atomic mass is 9.82. The Morgan fingerprint density at radius 2 is 1.45 bits per heavy atom. The molecule has 20 heavy (non-hydrogen) atoms. The average molecular weight is 288 g/mol. The lowest BCUT2D eigenvalue weighted by Crippen LogP contribution is -2.24. The van der Waals surface area contributed by atoms with E-state index in [0.29, 0.717) is 0 Å². The minimum atomic E-state index is -0.562. The van der Waals surface area contributed by atoms with Crippen LogP contribution in [0.1, 0.15) is 80.1 Å². The Balaban J connectivity index is 0. The number of hydrogen-bond acceptors (Lipinski definition) is 4. The second kappa shape index (κ2) is 11.9. The highest BCUT2D eigenvalue weighted by Gasteiger charge is 2.21. The van der Waals surface area contributed by atoms with Gasteiger partial charge in [-0.1, -0.05) is 46.0 Å². The van der Waals surface area contributed by atoms with E-state index < -0.39 is 17.5 Å². The SMILES string of the molecule is CC.CC(=O)OC(C)=O.CC(C)(O)CC1CCCCC1. The van der Waals surface area contributed by atoms with Gasteiger partial charge in [0.15, 0.2) is 0 Å². The van der Waals surface area contributed by atoms with E-state index in [2.05, 4.69) is 4.74 Å². The molecule has 1 rings (SSSR count). The molecule has 0 atom stereocenters. The van der Waals surface area contributed by atoms with Gasteiger partial charge >= 0.3 is 11.9 Å². The van der Waals surface area contributed by atoms with Crippen LogP contribution in [0.4, 0.5) is 0 Å². The number of aliphatic hydroxyl groups is 1. The van der Waals surface area contributed by atoms with Crippen LogP contribution in [0, 0.1) is 5.92 Å². The molecule has 0 aromatic heterocycles. The molecular formula is C16H32O4. The predicted molar refractivity (Wildman–Crippen MR) is 81.3 cm³/mol. The van der Waals surface area contributed by atoms with Crippen LogP contribution in [0.3, 0.4) is 0 Å². The van der Waals surface area contributed by atoms with Crippen molar-refractivity contribution in [2.45, 2.75) is 85.7 Å². The summed E-state index contributed by atoms with van der Waals surface area (Å²) in [4.78, 5) is 19.6. The molecule has 1 saturated carbocycles. The molecule has 0 aromatic carbocycles. The highest BCUT2D eigenvalue weighted by molar-refractivity contribution is 5.82. The van der Waals surface area contributed by atoms with E-state index in [-0.39, 0.29) is 0 Å². The van der Waals surface area contributed by atoms with Gasteiger partial charge in [0.1, 0.15) is 0 Å². The van der Waals surface area contributed by atoms with Crippen LogP contribution in [0.5, 0.6) is 0 Å². The van der Waals surface area contributed by atoms with Crippen LogP contribution < -0.4 is 0 Å². The number of carbonyl (C=O) groups excluding carboxylic acids is 2. The zero-order chi connectivity index (χ0) is 16.2. The Labute approximate surface area is 123 Å². The first-order valence-corrected chi connectivity index (χ1v) is 7.62. The summed E-state index contributed by atoms with van der Waals surface area (Å²) in [6, 6.07) is 0. The van der Waals surface area contributed by atoms with E-state index in [0.717, 1.165) is 12.3 Å². The summed E-state index contributed by atoms with van der Waals surface area (Å²) >= 11 is 0. The summed E-state index contributed by atoms with van der Waals surface area (Å²) < 4.78 is 3.97. The van der Waals surface area contributed by atoms with Crippen LogP contribution in [-0.4, -0.2) is 22.6 Å². The number of rotatable bonds is 2. The van der Waals surface area contributed by atoms with E-state index in [1.807, 2.05) is 27.7 Å². The molecule has 1 N–H and O–H groups in total. The molecule has 1 aliphatic carbocycles. The quantitative estimate of drug-likeness (QED) is 0.619. The molecule has 0 saturated heterocycles. The van der Waals surface area contributed by atoms with Gasteiger partial charge in [-0.05, 0) is 26.2 Å². The molecule has 0 radical (unpaired) electrons. The van der Waals surface area contributed by atoms with Gasteiger partial charge in [-0.25, -0.2) is 0 Å². The Kier molecular flexibility index (Phi) is 12.7. The number of esters is 2. The third-order valence-electron chi connectivity index (χ3n) is 2.80. The van der Waals surface area contributed by atoms with E-state index in [1.165, 1.54) is 46.0 Å². The summed E-state index contributed by atoms with van der Waals surface area (Å²) in [6.45, 7) is 10.2. The predicted octanol–water partition coefficient (Wildman–Crippen LogP) is 3.85. The van der Waals surface area contributed by atoms with Crippen LogP contribution in [0.2, 0.25) is 0 Å². The van der Waals surface area contributed by atoms with Gasteiger partial charge in [0, 0.05) is 13.8 Å².